The first-order valence-electron chi connectivity index (χ1n) is 17.8. The number of carbonyl (C=O) groups excluding carboxylic acids is 1. The maximum Gasteiger partial charge on any atom is 0.412 e. The second-order valence-corrected chi connectivity index (χ2v) is 13.4. The Morgan fingerprint density at radius 1 is 0.857 bits per heavy atom. The SMILES string of the molecule is CCCN(CC(OC)OC)C(=O)CCOCCc1ccc(CCN2C[C@H]3CC(N(C(=O)O)c4ccccc4-c4ccccc4)C[C@H]3C2)cc1. The Balaban J connectivity index is 1.03. The molecule has 3 aromatic carbocycles. The van der Waals surface area contributed by atoms with E-state index in [1.807, 2.05) is 54.6 Å². The van der Waals surface area contributed by atoms with Crippen LogP contribution in [0, 0.1) is 11.8 Å². The number of likely N-dealkylation sites (tertiary alicyclic amines) is 1. The van der Waals surface area contributed by atoms with Crippen LogP contribution in [0.15, 0.2) is 78.9 Å². The van der Waals surface area contributed by atoms with E-state index in [4.69, 9.17) is 14.2 Å². The maximum atomic E-state index is 12.7. The Labute approximate surface area is 291 Å². The zero-order valence-corrected chi connectivity index (χ0v) is 29.3. The summed E-state index contributed by atoms with van der Waals surface area (Å²) in [5.74, 6) is 1.10. The Morgan fingerprint density at radius 3 is 2.12 bits per heavy atom. The van der Waals surface area contributed by atoms with Gasteiger partial charge >= 0.3 is 6.09 Å². The Bertz CT molecular complexity index is 1450. The van der Waals surface area contributed by atoms with Crippen molar-refractivity contribution in [3.63, 3.8) is 0 Å². The average Bonchev–Trinajstić information content (AvgIpc) is 3.69. The van der Waals surface area contributed by atoms with E-state index >= 15 is 0 Å². The molecule has 1 heterocycles. The second kappa shape index (κ2) is 18.3. The number of carboxylic acid groups (broad SMARTS) is 1. The standard InChI is InChI=1S/C40H53N3O6/c1-4-21-42(29-39(47-2)48-3)38(44)20-24-49-23-19-31-16-14-30(15-17-31)18-22-41-27-33-25-35(26-34(33)28-41)43(40(45)46)37-13-9-8-12-36(37)32-10-6-5-7-11-32/h5-17,33-35,39H,4,18-29H2,1-3H3,(H,45,46)/t33-,34+,35?. The minimum absolute atomic E-state index is 0.00294. The van der Waals surface area contributed by atoms with Gasteiger partial charge in [0, 0.05) is 52.0 Å². The Kier molecular flexibility index (Phi) is 13.6. The summed E-state index contributed by atoms with van der Waals surface area (Å²) in [6.07, 6.45) is 3.54. The van der Waals surface area contributed by atoms with Crippen molar-refractivity contribution in [2.75, 3.05) is 65.1 Å². The zero-order chi connectivity index (χ0) is 34.6. The highest BCUT2D eigenvalue weighted by Gasteiger charge is 2.44. The fourth-order valence-corrected chi connectivity index (χ4v) is 7.54. The largest absolute Gasteiger partial charge is 0.465 e. The maximum absolute atomic E-state index is 12.7. The fraction of sp³-hybridized carbons (Fsp3) is 0.500. The summed E-state index contributed by atoms with van der Waals surface area (Å²) in [6, 6.07) is 26.7. The highest BCUT2D eigenvalue weighted by atomic mass is 16.7. The van der Waals surface area contributed by atoms with Gasteiger partial charge in [-0.1, -0.05) is 79.7 Å². The predicted octanol–water partition coefficient (Wildman–Crippen LogP) is 6.60. The van der Waals surface area contributed by atoms with Gasteiger partial charge in [0.25, 0.3) is 0 Å². The number of methoxy groups -OCH3 is 2. The van der Waals surface area contributed by atoms with Gasteiger partial charge in [-0.15, -0.1) is 0 Å². The van der Waals surface area contributed by atoms with E-state index in [9.17, 15) is 14.7 Å². The summed E-state index contributed by atoms with van der Waals surface area (Å²) in [6.45, 7) is 7.19. The molecule has 3 atom stereocenters. The molecule has 9 heteroatoms. The molecule has 5 rings (SSSR count). The van der Waals surface area contributed by atoms with Crippen molar-refractivity contribution in [1.29, 1.82) is 0 Å². The van der Waals surface area contributed by atoms with Crippen LogP contribution < -0.4 is 4.90 Å². The third-order valence-corrected chi connectivity index (χ3v) is 10.1. The number of amides is 2. The molecule has 264 valence electrons. The van der Waals surface area contributed by atoms with E-state index in [0.717, 1.165) is 68.6 Å². The van der Waals surface area contributed by atoms with E-state index in [1.54, 1.807) is 24.0 Å². The van der Waals surface area contributed by atoms with Crippen LogP contribution in [0.3, 0.4) is 0 Å². The van der Waals surface area contributed by atoms with E-state index in [1.165, 1.54) is 11.1 Å². The molecule has 0 aromatic heterocycles. The van der Waals surface area contributed by atoms with Crippen molar-refractivity contribution < 1.29 is 28.9 Å². The molecule has 1 aliphatic carbocycles. The van der Waals surface area contributed by atoms with E-state index < -0.39 is 12.4 Å². The van der Waals surface area contributed by atoms with Gasteiger partial charge in [0.1, 0.15) is 0 Å². The quantitative estimate of drug-likeness (QED) is 0.120. The number of benzene rings is 3. The molecular formula is C40H53N3O6. The van der Waals surface area contributed by atoms with Crippen LogP contribution in [-0.4, -0.2) is 99.4 Å². The first-order chi connectivity index (χ1) is 23.9. The molecule has 2 fully saturated rings. The summed E-state index contributed by atoms with van der Waals surface area (Å²) < 4.78 is 16.3. The summed E-state index contributed by atoms with van der Waals surface area (Å²) in [5, 5.41) is 10.4. The van der Waals surface area contributed by atoms with Gasteiger partial charge in [0.2, 0.25) is 5.91 Å². The second-order valence-electron chi connectivity index (χ2n) is 13.4. The molecule has 0 spiro atoms. The van der Waals surface area contributed by atoms with Crippen LogP contribution in [0.5, 0.6) is 0 Å². The number of rotatable bonds is 18. The fourth-order valence-electron chi connectivity index (χ4n) is 7.54. The van der Waals surface area contributed by atoms with Crippen molar-refractivity contribution in [2.45, 2.75) is 57.8 Å². The highest BCUT2D eigenvalue weighted by Crippen LogP contribution is 2.43. The summed E-state index contributed by atoms with van der Waals surface area (Å²) >= 11 is 0. The van der Waals surface area contributed by atoms with E-state index in [0.29, 0.717) is 44.6 Å². The minimum Gasteiger partial charge on any atom is -0.465 e. The molecule has 3 aromatic rings. The Hall–Kier alpha value is -3.76. The molecule has 2 aliphatic rings. The van der Waals surface area contributed by atoms with Crippen molar-refractivity contribution in [2.24, 2.45) is 11.8 Å². The molecular weight excluding hydrogens is 618 g/mol. The van der Waals surface area contributed by atoms with Crippen LogP contribution in [0.4, 0.5) is 10.5 Å². The normalized spacial score (nSPS) is 18.9. The van der Waals surface area contributed by atoms with Crippen molar-refractivity contribution in [3.05, 3.63) is 90.0 Å². The van der Waals surface area contributed by atoms with Crippen molar-refractivity contribution in [1.82, 2.24) is 9.80 Å². The lowest BCUT2D eigenvalue weighted by molar-refractivity contribution is -0.146. The van der Waals surface area contributed by atoms with Gasteiger partial charge in [-0.25, -0.2) is 4.79 Å². The predicted molar refractivity (Wildman–Crippen MR) is 193 cm³/mol. The number of carbonyl (C=O) groups is 2. The number of anilines is 1. The van der Waals surface area contributed by atoms with Gasteiger partial charge in [0.05, 0.1) is 31.9 Å². The van der Waals surface area contributed by atoms with Gasteiger partial charge in [-0.2, -0.15) is 0 Å². The summed E-state index contributed by atoms with van der Waals surface area (Å²) in [4.78, 5) is 31.3. The van der Waals surface area contributed by atoms with Crippen molar-refractivity contribution in [3.8, 4) is 11.1 Å². The highest BCUT2D eigenvalue weighted by molar-refractivity contribution is 5.93. The first kappa shape index (κ1) is 36.5. The summed E-state index contributed by atoms with van der Waals surface area (Å²) in [5.41, 5.74) is 5.32. The molecule has 0 bridgehead atoms. The monoisotopic (exact) mass is 671 g/mol. The minimum atomic E-state index is -0.871. The van der Waals surface area contributed by atoms with Gasteiger partial charge in [-0.05, 0) is 66.7 Å². The number of nitrogens with zero attached hydrogens (tertiary/aromatic N) is 3. The molecule has 2 amide bonds. The van der Waals surface area contributed by atoms with Crippen LogP contribution >= 0.6 is 0 Å². The van der Waals surface area contributed by atoms with Crippen LogP contribution in [-0.2, 0) is 31.8 Å². The summed E-state index contributed by atoms with van der Waals surface area (Å²) in [7, 11) is 3.16. The van der Waals surface area contributed by atoms with E-state index in [2.05, 4.69) is 36.1 Å². The molecule has 9 nitrogen and oxygen atoms in total. The molecule has 1 aliphatic heterocycles. The number of fused-ring (bicyclic) bond motifs is 1. The number of hydrogen-bond donors (Lipinski definition) is 1. The molecule has 1 unspecified atom stereocenters. The van der Waals surface area contributed by atoms with Crippen LogP contribution in [0.2, 0.25) is 0 Å². The Morgan fingerprint density at radius 2 is 1.49 bits per heavy atom. The molecule has 49 heavy (non-hydrogen) atoms. The number of hydrogen-bond acceptors (Lipinski definition) is 6. The first-order valence-corrected chi connectivity index (χ1v) is 17.8. The van der Waals surface area contributed by atoms with Gasteiger partial charge in [-0.3, -0.25) is 9.69 Å². The van der Waals surface area contributed by atoms with Gasteiger partial charge in [0.15, 0.2) is 6.29 Å². The van der Waals surface area contributed by atoms with E-state index in [-0.39, 0.29) is 11.9 Å². The lowest BCUT2D eigenvalue weighted by Gasteiger charge is -2.29. The number of ether oxygens (including phenoxy) is 3. The third kappa shape index (κ3) is 9.91. The smallest absolute Gasteiger partial charge is 0.412 e. The van der Waals surface area contributed by atoms with Crippen LogP contribution in [0.25, 0.3) is 11.1 Å². The molecule has 1 N–H and O–H groups in total. The molecule has 1 saturated heterocycles. The lowest BCUT2D eigenvalue weighted by atomic mass is 10.0. The molecule has 0 radical (unpaired) electrons. The van der Waals surface area contributed by atoms with Crippen LogP contribution in [0.1, 0.15) is 43.7 Å². The average molecular weight is 672 g/mol. The van der Waals surface area contributed by atoms with Crippen molar-refractivity contribution >= 4 is 17.7 Å². The molecule has 1 saturated carbocycles. The third-order valence-electron chi connectivity index (χ3n) is 10.1. The topological polar surface area (TPSA) is 91.8 Å². The number of para-hydroxylation sites is 1. The van der Waals surface area contributed by atoms with Gasteiger partial charge < -0.3 is 29.1 Å². The lowest BCUT2D eigenvalue weighted by Crippen LogP contribution is -2.39. The zero-order valence-electron chi connectivity index (χ0n) is 29.3.